The van der Waals surface area contributed by atoms with Crippen molar-refractivity contribution in [2.45, 2.75) is 26.0 Å². The van der Waals surface area contributed by atoms with Gasteiger partial charge in [0.1, 0.15) is 0 Å². The van der Waals surface area contributed by atoms with E-state index in [4.69, 9.17) is 14.2 Å². The molecule has 0 bridgehead atoms. The maximum absolute atomic E-state index is 11.9. The summed E-state index contributed by atoms with van der Waals surface area (Å²) in [6.07, 6.45) is -0.601. The van der Waals surface area contributed by atoms with E-state index in [1.54, 1.807) is 33.3 Å². The number of benzene rings is 1. The van der Waals surface area contributed by atoms with Gasteiger partial charge in [-0.05, 0) is 26.0 Å². The summed E-state index contributed by atoms with van der Waals surface area (Å²) in [6, 6.07) is 7.17. The maximum Gasteiger partial charge on any atom is 0.261 e. The van der Waals surface area contributed by atoms with Gasteiger partial charge in [-0.2, -0.15) is 0 Å². The first-order chi connectivity index (χ1) is 9.08. The van der Waals surface area contributed by atoms with Crippen LogP contribution >= 0.6 is 0 Å². The Morgan fingerprint density at radius 3 is 2.42 bits per heavy atom. The van der Waals surface area contributed by atoms with Crippen molar-refractivity contribution in [1.29, 1.82) is 0 Å². The second-order valence-corrected chi connectivity index (χ2v) is 4.28. The smallest absolute Gasteiger partial charge is 0.261 e. The lowest BCUT2D eigenvalue weighted by Gasteiger charge is -2.19. The molecule has 0 saturated carbocycles. The number of rotatable bonds is 7. The normalized spacial score (nSPS) is 13.5. The molecule has 1 aromatic rings. The van der Waals surface area contributed by atoms with Crippen LogP contribution in [0.1, 0.15) is 13.8 Å². The average Bonchev–Trinajstić information content (AvgIpc) is 2.39. The molecular weight excluding hydrogens is 246 g/mol. The molecule has 0 aliphatic carbocycles. The highest BCUT2D eigenvalue weighted by Gasteiger charge is 2.18. The number of methoxy groups -OCH3 is 2. The summed E-state index contributed by atoms with van der Waals surface area (Å²) in [5.41, 5.74) is 0. The van der Waals surface area contributed by atoms with E-state index in [9.17, 15) is 4.79 Å². The Morgan fingerprint density at radius 2 is 1.84 bits per heavy atom. The molecule has 1 N–H and O–H groups in total. The number of amides is 1. The number of hydrogen-bond donors (Lipinski definition) is 1. The summed E-state index contributed by atoms with van der Waals surface area (Å²) in [7, 11) is 3.16. The Balaban J connectivity index is 2.58. The van der Waals surface area contributed by atoms with Crippen LogP contribution in [-0.4, -0.2) is 38.9 Å². The molecule has 0 fully saturated rings. The number of ether oxygens (including phenoxy) is 3. The first kappa shape index (κ1) is 15.3. The Bertz CT molecular complexity index is 408. The van der Waals surface area contributed by atoms with Gasteiger partial charge in [-0.15, -0.1) is 0 Å². The molecule has 106 valence electrons. The predicted molar refractivity (Wildman–Crippen MR) is 72.6 cm³/mol. The van der Waals surface area contributed by atoms with E-state index in [1.807, 2.05) is 19.1 Å². The van der Waals surface area contributed by atoms with Gasteiger partial charge >= 0.3 is 0 Å². The fourth-order valence-corrected chi connectivity index (χ4v) is 1.61. The largest absolute Gasteiger partial charge is 0.493 e. The van der Waals surface area contributed by atoms with Crippen LogP contribution in [0.15, 0.2) is 24.3 Å². The third-order valence-electron chi connectivity index (χ3n) is 2.55. The van der Waals surface area contributed by atoms with Gasteiger partial charge in [0, 0.05) is 13.2 Å². The van der Waals surface area contributed by atoms with Crippen LogP contribution in [0.25, 0.3) is 0 Å². The fraction of sp³-hybridized carbons (Fsp3) is 0.500. The highest BCUT2D eigenvalue weighted by atomic mass is 16.5. The Hall–Kier alpha value is -1.75. The number of hydrogen-bond acceptors (Lipinski definition) is 4. The summed E-state index contributed by atoms with van der Waals surface area (Å²) in [5.74, 6) is 0.967. The summed E-state index contributed by atoms with van der Waals surface area (Å²) in [5, 5.41) is 2.81. The Labute approximate surface area is 113 Å². The lowest BCUT2D eigenvalue weighted by molar-refractivity contribution is -0.128. The van der Waals surface area contributed by atoms with E-state index in [1.165, 1.54) is 0 Å². The monoisotopic (exact) mass is 267 g/mol. The third kappa shape index (κ3) is 4.79. The van der Waals surface area contributed by atoms with Crippen molar-refractivity contribution in [2.24, 2.45) is 0 Å². The fourth-order valence-electron chi connectivity index (χ4n) is 1.61. The predicted octanol–water partition coefficient (Wildman–Crippen LogP) is 1.61. The van der Waals surface area contributed by atoms with Gasteiger partial charge in [0.15, 0.2) is 17.6 Å². The SMILES string of the molecule is COC[C@H](C)NC(=O)[C@H](C)Oc1ccccc1OC. The van der Waals surface area contributed by atoms with Gasteiger partial charge in [-0.25, -0.2) is 0 Å². The van der Waals surface area contributed by atoms with Crippen molar-refractivity contribution in [3.05, 3.63) is 24.3 Å². The first-order valence-corrected chi connectivity index (χ1v) is 6.17. The molecule has 1 amide bonds. The molecule has 0 spiro atoms. The van der Waals surface area contributed by atoms with Crippen LogP contribution in [0.3, 0.4) is 0 Å². The first-order valence-electron chi connectivity index (χ1n) is 6.17. The van der Waals surface area contributed by atoms with Crippen LogP contribution in [-0.2, 0) is 9.53 Å². The summed E-state index contributed by atoms with van der Waals surface area (Å²) >= 11 is 0. The average molecular weight is 267 g/mol. The van der Waals surface area contributed by atoms with Crippen LogP contribution < -0.4 is 14.8 Å². The lowest BCUT2D eigenvalue weighted by atomic mass is 10.3. The molecule has 0 aliphatic rings. The number of para-hydroxylation sites is 2. The van der Waals surface area contributed by atoms with Crippen molar-refractivity contribution >= 4 is 5.91 Å². The second kappa shape index (κ2) is 7.63. The highest BCUT2D eigenvalue weighted by molar-refractivity contribution is 5.81. The van der Waals surface area contributed by atoms with Crippen molar-refractivity contribution in [3.63, 3.8) is 0 Å². The van der Waals surface area contributed by atoms with E-state index in [2.05, 4.69) is 5.32 Å². The Morgan fingerprint density at radius 1 is 1.21 bits per heavy atom. The van der Waals surface area contributed by atoms with Gasteiger partial charge in [-0.1, -0.05) is 12.1 Å². The third-order valence-corrected chi connectivity index (χ3v) is 2.55. The molecule has 0 unspecified atom stereocenters. The molecule has 1 aromatic carbocycles. The minimum Gasteiger partial charge on any atom is -0.493 e. The molecular formula is C14H21NO4. The minimum atomic E-state index is -0.601. The van der Waals surface area contributed by atoms with Crippen molar-refractivity contribution < 1.29 is 19.0 Å². The summed E-state index contributed by atoms with van der Waals surface area (Å²) in [6.45, 7) is 4.03. The van der Waals surface area contributed by atoms with Crippen LogP contribution in [0.5, 0.6) is 11.5 Å². The van der Waals surface area contributed by atoms with E-state index in [0.29, 0.717) is 18.1 Å². The van der Waals surface area contributed by atoms with E-state index >= 15 is 0 Å². The van der Waals surface area contributed by atoms with Crippen LogP contribution in [0, 0.1) is 0 Å². The molecule has 0 heterocycles. The number of carbonyl (C=O) groups is 1. The van der Waals surface area contributed by atoms with Crippen LogP contribution in [0.2, 0.25) is 0 Å². The van der Waals surface area contributed by atoms with Gasteiger partial charge in [0.05, 0.1) is 13.7 Å². The maximum atomic E-state index is 11.9. The van der Waals surface area contributed by atoms with Crippen molar-refractivity contribution in [3.8, 4) is 11.5 Å². The zero-order valence-electron chi connectivity index (χ0n) is 11.8. The zero-order chi connectivity index (χ0) is 14.3. The van der Waals surface area contributed by atoms with E-state index in [-0.39, 0.29) is 11.9 Å². The number of carbonyl (C=O) groups excluding carboxylic acids is 1. The van der Waals surface area contributed by atoms with Gasteiger partial charge in [0.2, 0.25) is 0 Å². The molecule has 1 rings (SSSR count). The highest BCUT2D eigenvalue weighted by Crippen LogP contribution is 2.26. The molecule has 0 aliphatic heterocycles. The lowest BCUT2D eigenvalue weighted by Crippen LogP contribution is -2.43. The molecule has 5 nitrogen and oxygen atoms in total. The summed E-state index contributed by atoms with van der Waals surface area (Å²) < 4.78 is 15.7. The minimum absolute atomic E-state index is 0.0544. The quantitative estimate of drug-likeness (QED) is 0.815. The van der Waals surface area contributed by atoms with Crippen LogP contribution in [0.4, 0.5) is 0 Å². The standard InChI is InChI=1S/C14H21NO4/c1-10(9-17-3)15-14(16)11(2)19-13-8-6-5-7-12(13)18-4/h5-8,10-11H,9H2,1-4H3,(H,15,16)/t10-,11-/m0/s1. The van der Waals surface area contributed by atoms with Gasteiger partial charge in [-0.3, -0.25) is 4.79 Å². The van der Waals surface area contributed by atoms with Gasteiger partial charge < -0.3 is 19.5 Å². The molecule has 2 atom stereocenters. The second-order valence-electron chi connectivity index (χ2n) is 4.28. The topological polar surface area (TPSA) is 56.8 Å². The molecule has 0 aromatic heterocycles. The van der Waals surface area contributed by atoms with E-state index in [0.717, 1.165) is 0 Å². The zero-order valence-corrected chi connectivity index (χ0v) is 11.8. The molecule has 0 saturated heterocycles. The van der Waals surface area contributed by atoms with Crippen molar-refractivity contribution in [1.82, 2.24) is 5.32 Å². The van der Waals surface area contributed by atoms with Crippen molar-refractivity contribution in [2.75, 3.05) is 20.8 Å². The van der Waals surface area contributed by atoms with E-state index < -0.39 is 6.10 Å². The summed E-state index contributed by atoms with van der Waals surface area (Å²) in [4.78, 5) is 11.9. The molecule has 19 heavy (non-hydrogen) atoms. The number of nitrogens with one attached hydrogen (secondary N) is 1. The molecule has 0 radical (unpaired) electrons. The molecule has 5 heteroatoms. The Kier molecular flexibility index (Phi) is 6.15. The van der Waals surface area contributed by atoms with Gasteiger partial charge in [0.25, 0.3) is 5.91 Å².